The van der Waals surface area contributed by atoms with Crippen molar-refractivity contribution < 1.29 is 33.0 Å². The summed E-state index contributed by atoms with van der Waals surface area (Å²) in [5, 5.41) is 19.6. The zero-order valence-electron chi connectivity index (χ0n) is 15.6. The Bertz CT molecular complexity index is 1020. The van der Waals surface area contributed by atoms with Gasteiger partial charge in [0, 0.05) is 24.8 Å². The van der Waals surface area contributed by atoms with E-state index in [1.165, 1.54) is 5.56 Å². The number of aliphatic carboxylic acids is 1. The number of hydrogen-bond donors (Lipinski definition) is 4. The average molecular weight is 421 g/mol. The summed E-state index contributed by atoms with van der Waals surface area (Å²) in [6.45, 7) is 1.42. The van der Waals surface area contributed by atoms with Gasteiger partial charge in [-0.3, -0.25) is 9.79 Å². The molecule has 2 aliphatic rings. The molecule has 0 fully saturated rings. The van der Waals surface area contributed by atoms with Crippen LogP contribution in [0.15, 0.2) is 47.2 Å². The highest BCUT2D eigenvalue weighted by atomic mass is 19.4. The second-order valence-electron chi connectivity index (χ2n) is 6.61. The van der Waals surface area contributed by atoms with Crippen LogP contribution in [0.5, 0.6) is 5.75 Å². The Balaban J connectivity index is 0.000000318. The van der Waals surface area contributed by atoms with Gasteiger partial charge in [-0.2, -0.15) is 13.2 Å². The molecule has 4 rings (SSSR count). The summed E-state index contributed by atoms with van der Waals surface area (Å²) in [5.41, 5.74) is 5.40. The normalized spacial score (nSPS) is 14.7. The minimum Gasteiger partial charge on any atom is -0.508 e. The van der Waals surface area contributed by atoms with Crippen molar-refractivity contribution in [3.05, 3.63) is 64.6 Å². The van der Waals surface area contributed by atoms with E-state index in [0.717, 1.165) is 36.2 Å². The van der Waals surface area contributed by atoms with Gasteiger partial charge >= 0.3 is 12.1 Å². The lowest BCUT2D eigenvalue weighted by Gasteiger charge is -2.19. The van der Waals surface area contributed by atoms with Crippen LogP contribution in [-0.2, 0) is 17.6 Å². The van der Waals surface area contributed by atoms with E-state index in [4.69, 9.17) is 9.90 Å². The highest BCUT2D eigenvalue weighted by molar-refractivity contribution is 6.26. The summed E-state index contributed by atoms with van der Waals surface area (Å²) < 4.78 is 31.7. The van der Waals surface area contributed by atoms with Crippen molar-refractivity contribution in [2.24, 2.45) is 4.99 Å². The summed E-state index contributed by atoms with van der Waals surface area (Å²) in [6.07, 6.45) is 0.364. The van der Waals surface area contributed by atoms with Gasteiger partial charge in [0.15, 0.2) is 0 Å². The number of H-pyrrole nitrogens is 1. The van der Waals surface area contributed by atoms with Gasteiger partial charge in [-0.15, -0.1) is 0 Å². The zero-order valence-corrected chi connectivity index (χ0v) is 15.6. The number of nitrogens with zero attached hydrogens (tertiary/aromatic N) is 1. The third-order valence-electron chi connectivity index (χ3n) is 4.54. The van der Waals surface area contributed by atoms with Crippen molar-refractivity contribution in [2.45, 2.75) is 19.0 Å². The van der Waals surface area contributed by atoms with Crippen LogP contribution in [-0.4, -0.2) is 51.9 Å². The standard InChI is InChI=1S/C18H17N3O2.C2HF3O2/c22-13-3-1-11(2-4-13)5-7-20-15-9-14-16-12(6-8-19-14)10-21-17(16)18(15)23;3-2(4,5)1(6)7/h1-4,9-10,20-22H,5-8H2;(H,6,7). The summed E-state index contributed by atoms with van der Waals surface area (Å²) in [6, 6.07) is 7.11. The predicted octanol–water partition coefficient (Wildman–Crippen LogP) is 2.61. The molecule has 158 valence electrons. The average Bonchev–Trinajstić information content (AvgIpc) is 3.13. The van der Waals surface area contributed by atoms with Crippen LogP contribution in [0.1, 0.15) is 27.2 Å². The molecule has 1 aromatic carbocycles. The van der Waals surface area contributed by atoms with Gasteiger partial charge in [-0.05, 0) is 42.2 Å². The number of benzene rings is 1. The Hall–Kier alpha value is -3.56. The van der Waals surface area contributed by atoms with Crippen LogP contribution in [0, 0.1) is 0 Å². The Morgan fingerprint density at radius 2 is 1.90 bits per heavy atom. The van der Waals surface area contributed by atoms with Gasteiger partial charge < -0.3 is 20.5 Å². The molecule has 0 unspecified atom stereocenters. The number of halogens is 3. The maximum Gasteiger partial charge on any atom is 0.490 e. The van der Waals surface area contributed by atoms with E-state index in [1.54, 1.807) is 12.1 Å². The number of rotatable bonds is 4. The number of Topliss-reactive ketones (excluding diaryl/α,β-unsaturated/α-hetero) is 1. The number of carbonyl (C=O) groups excluding carboxylic acids is 1. The molecular formula is C20H18F3N3O4. The number of phenols is 1. The van der Waals surface area contributed by atoms with Gasteiger partial charge in [-0.1, -0.05) is 12.1 Å². The van der Waals surface area contributed by atoms with Crippen LogP contribution in [0.3, 0.4) is 0 Å². The van der Waals surface area contributed by atoms with Gasteiger partial charge in [-0.25, -0.2) is 4.79 Å². The molecule has 1 aromatic heterocycles. The number of carboxylic acid groups (broad SMARTS) is 1. The number of alkyl halides is 3. The predicted molar refractivity (Wildman–Crippen MR) is 102 cm³/mol. The number of phenolic OH excluding ortho intramolecular Hbond substituents is 1. The zero-order chi connectivity index (χ0) is 21.9. The van der Waals surface area contributed by atoms with Crippen LogP contribution in [0.25, 0.3) is 0 Å². The fraction of sp³-hybridized carbons (Fsp3) is 0.250. The van der Waals surface area contributed by atoms with Crippen molar-refractivity contribution in [3.63, 3.8) is 0 Å². The third-order valence-corrected chi connectivity index (χ3v) is 4.54. The highest BCUT2D eigenvalue weighted by Crippen LogP contribution is 2.26. The van der Waals surface area contributed by atoms with E-state index in [1.807, 2.05) is 24.4 Å². The van der Waals surface area contributed by atoms with Crippen LogP contribution >= 0.6 is 0 Å². The van der Waals surface area contributed by atoms with Crippen molar-refractivity contribution in [2.75, 3.05) is 13.1 Å². The Kier molecular flexibility index (Phi) is 5.95. The Labute approximate surface area is 169 Å². The molecule has 1 aliphatic heterocycles. The van der Waals surface area contributed by atoms with Gasteiger partial charge in [0.2, 0.25) is 5.78 Å². The maximum absolute atomic E-state index is 12.6. The molecule has 7 nitrogen and oxygen atoms in total. The molecule has 0 saturated carbocycles. The first-order chi connectivity index (χ1) is 14.2. The monoisotopic (exact) mass is 421 g/mol. The van der Waals surface area contributed by atoms with Crippen LogP contribution in [0.2, 0.25) is 0 Å². The van der Waals surface area contributed by atoms with Crippen LogP contribution in [0.4, 0.5) is 13.2 Å². The van der Waals surface area contributed by atoms with Crippen LogP contribution < -0.4 is 5.32 Å². The Morgan fingerprint density at radius 1 is 1.23 bits per heavy atom. The third kappa shape index (κ3) is 4.70. The molecule has 10 heteroatoms. The number of hydrogen-bond acceptors (Lipinski definition) is 5. The van der Waals surface area contributed by atoms with Crippen molar-refractivity contribution in [1.82, 2.24) is 10.3 Å². The number of aliphatic imine (C=N–C) groups is 1. The molecule has 0 atom stereocenters. The van der Waals surface area contributed by atoms with E-state index in [-0.39, 0.29) is 11.5 Å². The highest BCUT2D eigenvalue weighted by Gasteiger charge is 2.38. The minimum absolute atomic E-state index is 0.00203. The number of nitrogens with one attached hydrogen (secondary N) is 2. The smallest absolute Gasteiger partial charge is 0.490 e. The quantitative estimate of drug-likeness (QED) is 0.606. The van der Waals surface area contributed by atoms with Gasteiger partial charge in [0.1, 0.15) is 5.75 Å². The molecule has 30 heavy (non-hydrogen) atoms. The number of allylic oxidation sites excluding steroid dienone is 2. The van der Waals surface area contributed by atoms with Gasteiger partial charge in [0.25, 0.3) is 0 Å². The summed E-state index contributed by atoms with van der Waals surface area (Å²) in [7, 11) is 0. The first-order valence-corrected chi connectivity index (χ1v) is 9.00. The fourth-order valence-corrected chi connectivity index (χ4v) is 3.10. The molecule has 0 bridgehead atoms. The maximum atomic E-state index is 12.6. The number of aromatic amines is 1. The first kappa shape index (κ1) is 21.2. The summed E-state index contributed by atoms with van der Waals surface area (Å²) >= 11 is 0. The molecule has 0 amide bonds. The fourth-order valence-electron chi connectivity index (χ4n) is 3.10. The van der Waals surface area contributed by atoms with E-state index in [9.17, 15) is 23.1 Å². The number of carboxylic acids is 1. The molecule has 0 spiro atoms. The lowest BCUT2D eigenvalue weighted by Crippen LogP contribution is -2.29. The molecule has 1 aliphatic carbocycles. The Morgan fingerprint density at radius 3 is 2.53 bits per heavy atom. The van der Waals surface area contributed by atoms with E-state index in [0.29, 0.717) is 17.9 Å². The molecule has 2 heterocycles. The van der Waals surface area contributed by atoms with E-state index >= 15 is 0 Å². The van der Waals surface area contributed by atoms with E-state index in [2.05, 4.69) is 15.3 Å². The molecular weight excluding hydrogens is 403 g/mol. The summed E-state index contributed by atoms with van der Waals surface area (Å²) in [4.78, 5) is 29.1. The first-order valence-electron chi connectivity index (χ1n) is 9.00. The number of aromatic hydroxyl groups is 1. The molecule has 0 radical (unpaired) electrons. The van der Waals surface area contributed by atoms with Gasteiger partial charge in [0.05, 0.1) is 17.1 Å². The lowest BCUT2D eigenvalue weighted by atomic mass is 9.92. The topological polar surface area (TPSA) is 115 Å². The number of carbonyl (C=O) groups is 2. The number of aromatic nitrogens is 1. The van der Waals surface area contributed by atoms with Crippen molar-refractivity contribution >= 4 is 17.5 Å². The number of ketones is 1. The largest absolute Gasteiger partial charge is 0.508 e. The van der Waals surface area contributed by atoms with Crippen molar-refractivity contribution in [3.8, 4) is 5.75 Å². The van der Waals surface area contributed by atoms with Crippen molar-refractivity contribution in [1.29, 1.82) is 0 Å². The molecule has 2 aromatic rings. The molecule has 4 N–H and O–H groups in total. The van der Waals surface area contributed by atoms with E-state index < -0.39 is 12.1 Å². The SMILES string of the molecule is O=C(O)C(F)(F)F.O=C1C(NCCc2ccc(O)cc2)=CC2=NCCc3c[nH]c1c32. The second kappa shape index (κ2) is 8.44. The second-order valence-corrected chi connectivity index (χ2v) is 6.61. The summed E-state index contributed by atoms with van der Waals surface area (Å²) in [5.74, 6) is -2.50. The minimum atomic E-state index is -5.08. The lowest BCUT2D eigenvalue weighted by molar-refractivity contribution is -0.192. The molecule has 0 saturated heterocycles.